The zero-order valence-corrected chi connectivity index (χ0v) is 13.6. The molecule has 1 heterocycles. The molecule has 0 spiro atoms. The lowest BCUT2D eigenvalue weighted by Crippen LogP contribution is -2.28. The summed E-state index contributed by atoms with van der Waals surface area (Å²) in [6, 6.07) is 7.83. The summed E-state index contributed by atoms with van der Waals surface area (Å²) in [6.45, 7) is 0. The summed E-state index contributed by atoms with van der Waals surface area (Å²) in [5.74, 6) is 6.63. The molecule has 0 bridgehead atoms. The third kappa shape index (κ3) is 2.94. The van der Waals surface area contributed by atoms with Gasteiger partial charge < -0.3 is 4.74 Å². The van der Waals surface area contributed by atoms with Gasteiger partial charge in [0.1, 0.15) is 5.75 Å². The topological polar surface area (TPSA) is 47.3 Å². The molecule has 3 nitrogen and oxygen atoms in total. The van der Waals surface area contributed by atoms with E-state index in [0.29, 0.717) is 5.02 Å². The van der Waals surface area contributed by atoms with E-state index in [1.165, 1.54) is 41.0 Å². The maximum Gasteiger partial charge on any atom is 0.124 e. The van der Waals surface area contributed by atoms with E-state index < -0.39 is 0 Å². The highest BCUT2D eigenvalue weighted by Crippen LogP contribution is 2.38. The van der Waals surface area contributed by atoms with E-state index in [-0.39, 0.29) is 6.04 Å². The maximum absolute atomic E-state index is 6.14. The van der Waals surface area contributed by atoms with Crippen LogP contribution in [0.15, 0.2) is 24.3 Å². The van der Waals surface area contributed by atoms with Crippen LogP contribution in [0.25, 0.3) is 0 Å². The normalized spacial score (nSPS) is 15.6. The second kappa shape index (κ2) is 6.36. The molecule has 0 fully saturated rings. The minimum Gasteiger partial charge on any atom is -0.496 e. The average Bonchev–Trinajstić information content (AvgIpc) is 2.92. The summed E-state index contributed by atoms with van der Waals surface area (Å²) in [7, 11) is 1.67. The van der Waals surface area contributed by atoms with Crippen LogP contribution in [0, 0.1) is 0 Å². The molecular formula is C16H19ClN2OS. The molecule has 112 valence electrons. The third-order valence-corrected chi connectivity index (χ3v) is 5.51. The Kier molecular flexibility index (Phi) is 4.50. The van der Waals surface area contributed by atoms with Crippen molar-refractivity contribution in [1.82, 2.24) is 5.43 Å². The van der Waals surface area contributed by atoms with Crippen molar-refractivity contribution in [3.8, 4) is 5.75 Å². The molecule has 1 aromatic heterocycles. The van der Waals surface area contributed by atoms with Gasteiger partial charge in [0.25, 0.3) is 0 Å². The van der Waals surface area contributed by atoms with E-state index in [9.17, 15) is 0 Å². The van der Waals surface area contributed by atoms with E-state index in [2.05, 4.69) is 11.5 Å². The quantitative estimate of drug-likeness (QED) is 0.664. The Balaban J connectivity index is 2.02. The van der Waals surface area contributed by atoms with E-state index in [1.807, 2.05) is 29.5 Å². The largest absolute Gasteiger partial charge is 0.496 e. The highest BCUT2D eigenvalue weighted by Gasteiger charge is 2.22. The second-order valence-corrected chi connectivity index (χ2v) is 6.90. The number of hydrogen-bond acceptors (Lipinski definition) is 4. The van der Waals surface area contributed by atoms with Crippen molar-refractivity contribution < 1.29 is 4.74 Å². The molecule has 1 aliphatic rings. The molecule has 0 radical (unpaired) electrons. The number of nitrogens with two attached hydrogens (primary N) is 1. The fourth-order valence-electron chi connectivity index (χ4n) is 2.91. The minimum atomic E-state index is -0.0887. The Morgan fingerprint density at radius 3 is 2.81 bits per heavy atom. The summed E-state index contributed by atoms with van der Waals surface area (Å²) in [4.78, 5) is 2.72. The Morgan fingerprint density at radius 2 is 2.10 bits per heavy atom. The number of ether oxygens (including phenoxy) is 1. The van der Waals surface area contributed by atoms with Gasteiger partial charge in [0.2, 0.25) is 0 Å². The molecule has 1 unspecified atom stereocenters. The van der Waals surface area contributed by atoms with Gasteiger partial charge in [0.05, 0.1) is 13.2 Å². The van der Waals surface area contributed by atoms with Crippen molar-refractivity contribution in [1.29, 1.82) is 0 Å². The lowest BCUT2D eigenvalue weighted by molar-refractivity contribution is 0.404. The molecule has 0 aliphatic heterocycles. The van der Waals surface area contributed by atoms with Gasteiger partial charge in [-0.3, -0.25) is 5.84 Å². The highest BCUT2D eigenvalue weighted by atomic mass is 35.5. The number of halogens is 1. The first-order valence-corrected chi connectivity index (χ1v) is 8.33. The number of hydrazine groups is 1. The molecular weight excluding hydrogens is 304 g/mol. The first-order valence-electron chi connectivity index (χ1n) is 7.14. The van der Waals surface area contributed by atoms with E-state index in [4.69, 9.17) is 22.2 Å². The smallest absolute Gasteiger partial charge is 0.124 e. The molecule has 1 aliphatic carbocycles. The van der Waals surface area contributed by atoms with Crippen LogP contribution in [-0.2, 0) is 12.8 Å². The van der Waals surface area contributed by atoms with Gasteiger partial charge in [-0.05, 0) is 55.5 Å². The van der Waals surface area contributed by atoms with Gasteiger partial charge in [-0.15, -0.1) is 11.3 Å². The Labute approximate surface area is 134 Å². The Morgan fingerprint density at radius 1 is 1.29 bits per heavy atom. The zero-order chi connectivity index (χ0) is 14.8. The van der Waals surface area contributed by atoms with E-state index in [0.717, 1.165) is 11.3 Å². The summed E-state index contributed by atoms with van der Waals surface area (Å²) >= 11 is 7.99. The number of benzene rings is 1. The molecule has 0 amide bonds. The molecule has 21 heavy (non-hydrogen) atoms. The molecule has 1 atom stereocenters. The first kappa shape index (κ1) is 14.9. The van der Waals surface area contributed by atoms with Crippen molar-refractivity contribution in [2.75, 3.05) is 7.11 Å². The van der Waals surface area contributed by atoms with Gasteiger partial charge >= 0.3 is 0 Å². The van der Waals surface area contributed by atoms with E-state index >= 15 is 0 Å². The molecule has 5 heteroatoms. The number of hydrogen-bond donors (Lipinski definition) is 2. The Hall–Kier alpha value is -1.07. The average molecular weight is 323 g/mol. The number of fused-ring (bicyclic) bond motifs is 1. The van der Waals surface area contributed by atoms with Crippen molar-refractivity contribution in [3.63, 3.8) is 0 Å². The SMILES string of the molecule is COc1ccc(Cl)cc1C(NN)c1cc2c(s1)CCCC2. The fraction of sp³-hybridized carbons (Fsp3) is 0.375. The van der Waals surface area contributed by atoms with Crippen LogP contribution < -0.4 is 16.0 Å². The van der Waals surface area contributed by atoms with Crippen LogP contribution in [0.5, 0.6) is 5.75 Å². The summed E-state index contributed by atoms with van der Waals surface area (Å²) in [5.41, 5.74) is 5.37. The monoisotopic (exact) mass is 322 g/mol. The van der Waals surface area contributed by atoms with Crippen LogP contribution in [0.2, 0.25) is 5.02 Å². The molecule has 2 aromatic rings. The van der Waals surface area contributed by atoms with Crippen molar-refractivity contribution in [2.45, 2.75) is 31.7 Å². The van der Waals surface area contributed by atoms with Gasteiger partial charge in [-0.25, -0.2) is 5.43 Å². The summed E-state index contributed by atoms with van der Waals surface area (Å²) in [6.07, 6.45) is 4.93. The van der Waals surface area contributed by atoms with Crippen LogP contribution in [-0.4, -0.2) is 7.11 Å². The zero-order valence-electron chi connectivity index (χ0n) is 12.0. The Bertz CT molecular complexity index is 618. The third-order valence-electron chi connectivity index (χ3n) is 3.97. The first-order chi connectivity index (χ1) is 10.2. The molecule has 3 rings (SSSR count). The highest BCUT2D eigenvalue weighted by molar-refractivity contribution is 7.12. The van der Waals surface area contributed by atoms with Crippen LogP contribution in [0.4, 0.5) is 0 Å². The molecule has 0 saturated carbocycles. The predicted molar refractivity (Wildman–Crippen MR) is 88.1 cm³/mol. The number of nitrogens with one attached hydrogen (secondary N) is 1. The lowest BCUT2D eigenvalue weighted by atomic mass is 9.97. The minimum absolute atomic E-state index is 0.0887. The molecule has 0 saturated heterocycles. The standard InChI is InChI=1S/C16H19ClN2OS/c1-20-13-7-6-11(17)9-12(13)16(19-18)15-8-10-4-2-3-5-14(10)21-15/h6-9,16,19H,2-5,18H2,1H3. The van der Waals surface area contributed by atoms with Crippen molar-refractivity contribution in [3.05, 3.63) is 50.2 Å². The lowest BCUT2D eigenvalue weighted by Gasteiger charge is -2.18. The molecule has 3 N–H and O–H groups in total. The van der Waals surface area contributed by atoms with Crippen LogP contribution in [0.3, 0.4) is 0 Å². The second-order valence-electron chi connectivity index (χ2n) is 5.29. The van der Waals surface area contributed by atoms with E-state index in [1.54, 1.807) is 7.11 Å². The van der Waals surface area contributed by atoms with Gasteiger partial charge in [0.15, 0.2) is 0 Å². The van der Waals surface area contributed by atoms with Crippen LogP contribution in [0.1, 0.15) is 39.8 Å². The maximum atomic E-state index is 6.14. The van der Waals surface area contributed by atoms with Gasteiger partial charge in [-0.2, -0.15) is 0 Å². The number of thiophene rings is 1. The molecule has 1 aromatic carbocycles. The van der Waals surface area contributed by atoms with Gasteiger partial charge in [0, 0.05) is 20.3 Å². The number of aryl methyl sites for hydroxylation is 2. The summed E-state index contributed by atoms with van der Waals surface area (Å²) in [5, 5.41) is 0.687. The van der Waals surface area contributed by atoms with Gasteiger partial charge in [-0.1, -0.05) is 11.6 Å². The van der Waals surface area contributed by atoms with Crippen molar-refractivity contribution >= 4 is 22.9 Å². The number of rotatable bonds is 4. The fourth-order valence-corrected chi connectivity index (χ4v) is 4.43. The van der Waals surface area contributed by atoms with Crippen LogP contribution >= 0.6 is 22.9 Å². The number of methoxy groups -OCH3 is 1. The summed E-state index contributed by atoms with van der Waals surface area (Å²) < 4.78 is 5.46. The van der Waals surface area contributed by atoms with Crippen molar-refractivity contribution in [2.24, 2.45) is 5.84 Å². The predicted octanol–water partition coefficient (Wildman–Crippen LogP) is 3.84.